The monoisotopic (exact) mass is 494 g/mol. The van der Waals surface area contributed by atoms with Crippen molar-refractivity contribution in [1.29, 1.82) is 0 Å². The minimum Gasteiger partial charge on any atom is -0.496 e. The molecule has 28 heavy (non-hydrogen) atoms. The molecule has 146 valence electrons. The molecule has 0 spiro atoms. The number of nitrogens with zero attached hydrogens (tertiary/aromatic N) is 3. The van der Waals surface area contributed by atoms with Crippen LogP contribution in [0.1, 0.15) is 35.8 Å². The molecule has 4 N–H and O–H groups in total. The highest BCUT2D eigenvalue weighted by Crippen LogP contribution is 2.37. The zero-order valence-electron chi connectivity index (χ0n) is 15.5. The molecule has 0 radical (unpaired) electrons. The maximum Gasteiger partial charge on any atom is 0.276 e. The van der Waals surface area contributed by atoms with Gasteiger partial charge < -0.3 is 20.2 Å². The summed E-state index contributed by atoms with van der Waals surface area (Å²) in [6, 6.07) is 3.82. The molecule has 0 saturated heterocycles. The van der Waals surface area contributed by atoms with Crippen LogP contribution in [0.5, 0.6) is 17.2 Å². The van der Waals surface area contributed by atoms with Gasteiger partial charge in [-0.1, -0.05) is 13.8 Å². The van der Waals surface area contributed by atoms with Crippen molar-refractivity contribution in [3.8, 4) is 17.2 Å². The summed E-state index contributed by atoms with van der Waals surface area (Å²) in [6.07, 6.45) is 4.23. The van der Waals surface area contributed by atoms with Gasteiger partial charge in [-0.05, 0) is 40.6 Å². The summed E-state index contributed by atoms with van der Waals surface area (Å²) in [5.41, 5.74) is 7.26. The number of amides is 1. The van der Waals surface area contributed by atoms with Crippen LogP contribution in [-0.2, 0) is 0 Å². The van der Waals surface area contributed by atoms with E-state index >= 15 is 0 Å². The number of halogens is 1. The van der Waals surface area contributed by atoms with E-state index in [2.05, 4.69) is 61.7 Å². The van der Waals surface area contributed by atoms with Crippen molar-refractivity contribution in [2.75, 3.05) is 18.2 Å². The van der Waals surface area contributed by atoms with Crippen LogP contribution < -0.4 is 20.5 Å². The molecule has 1 aromatic carbocycles. The van der Waals surface area contributed by atoms with E-state index in [1.54, 1.807) is 7.11 Å². The largest absolute Gasteiger partial charge is 0.496 e. The lowest BCUT2D eigenvalue weighted by Crippen LogP contribution is -2.15. The number of carbonyl (C=O) groups is 1. The minimum atomic E-state index is -0.419. The minimum absolute atomic E-state index is 0.0674. The number of rotatable bonds is 6. The van der Waals surface area contributed by atoms with Crippen LogP contribution >= 0.6 is 22.6 Å². The number of methoxy groups -OCH3 is 1. The van der Waals surface area contributed by atoms with Gasteiger partial charge in [-0.15, -0.1) is 0 Å². The van der Waals surface area contributed by atoms with Gasteiger partial charge in [-0.2, -0.15) is 4.98 Å². The van der Waals surface area contributed by atoms with Gasteiger partial charge >= 0.3 is 0 Å². The number of imidazole rings is 1. The van der Waals surface area contributed by atoms with Crippen LogP contribution in [0.2, 0.25) is 0 Å². The van der Waals surface area contributed by atoms with Gasteiger partial charge in [0.25, 0.3) is 5.91 Å². The average Bonchev–Trinajstić information content (AvgIpc) is 3.18. The number of benzene rings is 1. The van der Waals surface area contributed by atoms with Crippen LogP contribution in [0.25, 0.3) is 0 Å². The number of anilines is 2. The first-order chi connectivity index (χ1) is 13.4. The van der Waals surface area contributed by atoms with Gasteiger partial charge in [0.05, 0.1) is 29.4 Å². The molecular formula is C18H19IN6O3. The predicted octanol–water partition coefficient (Wildman–Crippen LogP) is 3.56. The number of nitrogen functional groups attached to an aromatic ring is 1. The fourth-order valence-electron chi connectivity index (χ4n) is 2.44. The number of aromatic amines is 1. The van der Waals surface area contributed by atoms with E-state index in [4.69, 9.17) is 15.2 Å². The topological polar surface area (TPSA) is 128 Å². The maximum absolute atomic E-state index is 12.0. The Morgan fingerprint density at radius 1 is 1.25 bits per heavy atom. The fourth-order valence-corrected chi connectivity index (χ4v) is 3.10. The van der Waals surface area contributed by atoms with Gasteiger partial charge in [0.2, 0.25) is 5.95 Å². The normalized spacial score (nSPS) is 10.8. The number of ether oxygens (including phenoxy) is 2. The summed E-state index contributed by atoms with van der Waals surface area (Å²) < 4.78 is 12.3. The number of H-pyrrole nitrogens is 1. The number of nitrogens with two attached hydrogens (primary N) is 1. The van der Waals surface area contributed by atoms with Crippen molar-refractivity contribution in [1.82, 2.24) is 19.9 Å². The zero-order valence-corrected chi connectivity index (χ0v) is 17.6. The lowest BCUT2D eigenvalue weighted by Gasteiger charge is -2.17. The molecule has 0 aliphatic rings. The summed E-state index contributed by atoms with van der Waals surface area (Å²) >= 11 is 2.18. The van der Waals surface area contributed by atoms with Crippen LogP contribution in [0.4, 0.5) is 11.8 Å². The van der Waals surface area contributed by atoms with Gasteiger partial charge in [0.15, 0.2) is 11.6 Å². The fraction of sp³-hybridized carbons (Fsp3) is 0.222. The molecule has 9 nitrogen and oxygen atoms in total. The number of aromatic nitrogens is 4. The molecule has 0 saturated carbocycles. The van der Waals surface area contributed by atoms with Crippen molar-refractivity contribution in [2.45, 2.75) is 19.8 Å². The highest BCUT2D eigenvalue weighted by molar-refractivity contribution is 14.1. The first kappa shape index (κ1) is 19.9. The molecule has 1 amide bonds. The van der Waals surface area contributed by atoms with Crippen LogP contribution in [-0.4, -0.2) is 33.0 Å². The van der Waals surface area contributed by atoms with E-state index in [1.165, 1.54) is 18.7 Å². The number of nitrogens with one attached hydrogen (secondary N) is 2. The average molecular weight is 494 g/mol. The Bertz CT molecular complexity index is 991. The first-order valence-electron chi connectivity index (χ1n) is 8.36. The van der Waals surface area contributed by atoms with E-state index in [9.17, 15) is 4.79 Å². The molecule has 0 unspecified atom stereocenters. The Balaban J connectivity index is 1.83. The molecule has 0 aliphatic carbocycles. The number of hydrogen-bond donors (Lipinski definition) is 3. The highest BCUT2D eigenvalue weighted by atomic mass is 127. The summed E-state index contributed by atoms with van der Waals surface area (Å²) in [6.45, 7) is 4.12. The van der Waals surface area contributed by atoms with Crippen molar-refractivity contribution in [3.05, 3.63) is 45.7 Å². The predicted molar refractivity (Wildman–Crippen MR) is 113 cm³/mol. The zero-order chi connectivity index (χ0) is 20.3. The number of carbonyl (C=O) groups excluding carboxylic acids is 1. The molecule has 2 heterocycles. The van der Waals surface area contributed by atoms with E-state index in [1.807, 2.05) is 12.1 Å². The van der Waals surface area contributed by atoms with Crippen molar-refractivity contribution < 1.29 is 14.3 Å². The van der Waals surface area contributed by atoms with Crippen molar-refractivity contribution >= 4 is 40.3 Å². The third kappa shape index (κ3) is 4.32. The highest BCUT2D eigenvalue weighted by Gasteiger charge is 2.16. The molecule has 3 aromatic rings. The Kier molecular flexibility index (Phi) is 5.97. The Labute approximate surface area is 175 Å². The Morgan fingerprint density at radius 3 is 2.64 bits per heavy atom. The second-order valence-corrected chi connectivity index (χ2v) is 7.31. The summed E-state index contributed by atoms with van der Waals surface area (Å²) in [5.74, 6) is 1.67. The Hall–Kier alpha value is -2.89. The van der Waals surface area contributed by atoms with E-state index < -0.39 is 5.91 Å². The van der Waals surface area contributed by atoms with Gasteiger partial charge in [-0.25, -0.2) is 9.97 Å². The number of hydrogen-bond acceptors (Lipinski definition) is 7. The maximum atomic E-state index is 12.0. The van der Waals surface area contributed by atoms with Crippen LogP contribution in [0.3, 0.4) is 0 Å². The van der Waals surface area contributed by atoms with Crippen LogP contribution in [0, 0.1) is 3.57 Å². The molecule has 10 heteroatoms. The standard InChI is InChI=1S/C18H19IN6O3/c1-9(2)10-4-14(27-3)11(19)5-13(10)28-15-7-22-18(24-16(15)20)25-17(26)12-6-21-8-23-12/h4-9H,1-3H3,(H,21,23)(H3,20,22,24,25,26). The van der Waals surface area contributed by atoms with E-state index in [-0.39, 0.29) is 23.4 Å². The third-order valence-electron chi connectivity index (χ3n) is 3.88. The Morgan fingerprint density at radius 2 is 2.04 bits per heavy atom. The smallest absolute Gasteiger partial charge is 0.276 e. The summed E-state index contributed by atoms with van der Waals surface area (Å²) in [7, 11) is 1.63. The third-order valence-corrected chi connectivity index (χ3v) is 4.72. The van der Waals surface area contributed by atoms with Gasteiger partial charge in [0, 0.05) is 5.56 Å². The van der Waals surface area contributed by atoms with Gasteiger partial charge in [-0.3, -0.25) is 10.1 Å². The van der Waals surface area contributed by atoms with Crippen molar-refractivity contribution in [2.24, 2.45) is 0 Å². The van der Waals surface area contributed by atoms with E-state index in [0.29, 0.717) is 11.5 Å². The first-order valence-corrected chi connectivity index (χ1v) is 9.44. The molecule has 2 aromatic heterocycles. The molecule has 0 aliphatic heterocycles. The lowest BCUT2D eigenvalue weighted by molar-refractivity contribution is 0.102. The van der Waals surface area contributed by atoms with E-state index in [0.717, 1.165) is 14.9 Å². The van der Waals surface area contributed by atoms with Crippen LogP contribution in [0.15, 0.2) is 30.9 Å². The van der Waals surface area contributed by atoms with Crippen molar-refractivity contribution in [3.63, 3.8) is 0 Å². The molecule has 0 atom stereocenters. The second kappa shape index (κ2) is 8.42. The second-order valence-electron chi connectivity index (χ2n) is 6.14. The molecule has 3 rings (SSSR count). The molecule has 0 fully saturated rings. The molecule has 0 bridgehead atoms. The lowest BCUT2D eigenvalue weighted by atomic mass is 10.0. The quantitative estimate of drug-likeness (QED) is 0.447. The molecular weight excluding hydrogens is 475 g/mol. The SMILES string of the molecule is COc1cc(C(C)C)c(Oc2cnc(NC(=O)c3cnc[nH]3)nc2N)cc1I. The summed E-state index contributed by atoms with van der Waals surface area (Å²) in [5, 5.41) is 2.54. The van der Waals surface area contributed by atoms with Gasteiger partial charge in [0.1, 0.15) is 17.2 Å². The summed E-state index contributed by atoms with van der Waals surface area (Å²) in [4.78, 5) is 26.7.